The van der Waals surface area contributed by atoms with Gasteiger partial charge < -0.3 is 10.1 Å². The highest BCUT2D eigenvalue weighted by Crippen LogP contribution is 2.27. The molecule has 0 radical (unpaired) electrons. The average Bonchev–Trinajstić information content (AvgIpc) is 3.10. The predicted octanol–water partition coefficient (Wildman–Crippen LogP) is 3.93. The smallest absolute Gasteiger partial charge is 0.258 e. The molecule has 0 saturated carbocycles. The van der Waals surface area contributed by atoms with Crippen molar-refractivity contribution in [2.24, 2.45) is 0 Å². The van der Waals surface area contributed by atoms with Gasteiger partial charge in [0.05, 0.1) is 5.52 Å². The first-order valence-electron chi connectivity index (χ1n) is 9.15. The van der Waals surface area contributed by atoms with Gasteiger partial charge in [0.15, 0.2) is 6.61 Å². The van der Waals surface area contributed by atoms with Crippen molar-refractivity contribution in [3.05, 3.63) is 70.8 Å². The molecule has 148 valence electrons. The lowest BCUT2D eigenvalue weighted by Gasteiger charge is -2.10. The van der Waals surface area contributed by atoms with E-state index in [-0.39, 0.29) is 24.2 Å². The summed E-state index contributed by atoms with van der Waals surface area (Å²) in [6, 6.07) is 13.5. The second-order valence-corrected chi connectivity index (χ2v) is 6.97. The maximum Gasteiger partial charge on any atom is 0.258 e. The van der Waals surface area contributed by atoms with Crippen molar-refractivity contribution >= 4 is 33.9 Å². The van der Waals surface area contributed by atoms with Crippen LogP contribution in [0.15, 0.2) is 48.5 Å². The Morgan fingerprint density at radius 1 is 1.14 bits per heavy atom. The van der Waals surface area contributed by atoms with Crippen molar-refractivity contribution in [1.82, 2.24) is 19.9 Å². The fourth-order valence-corrected chi connectivity index (χ4v) is 3.27. The summed E-state index contributed by atoms with van der Waals surface area (Å²) in [5.41, 5.74) is 2.38. The van der Waals surface area contributed by atoms with Crippen LogP contribution in [0.1, 0.15) is 18.3 Å². The SMILES string of the molecule is CCc1nnc(OCC(=O)NCc2ccc(Cl)cc2)c2cc3cc(F)ccc3n12. The lowest BCUT2D eigenvalue weighted by Crippen LogP contribution is -2.28. The van der Waals surface area contributed by atoms with Gasteiger partial charge in [-0.3, -0.25) is 9.20 Å². The van der Waals surface area contributed by atoms with E-state index in [4.69, 9.17) is 16.3 Å². The second-order valence-electron chi connectivity index (χ2n) is 6.53. The van der Waals surface area contributed by atoms with Crippen LogP contribution in [0, 0.1) is 5.82 Å². The fourth-order valence-electron chi connectivity index (χ4n) is 3.14. The van der Waals surface area contributed by atoms with E-state index in [1.54, 1.807) is 24.3 Å². The number of hydrogen-bond donors (Lipinski definition) is 1. The molecule has 0 aliphatic heterocycles. The molecule has 4 rings (SSSR count). The molecule has 0 aliphatic rings. The monoisotopic (exact) mass is 412 g/mol. The zero-order valence-electron chi connectivity index (χ0n) is 15.7. The number of ether oxygens (including phenoxy) is 1. The Morgan fingerprint density at radius 2 is 1.93 bits per heavy atom. The van der Waals surface area contributed by atoms with Crippen LogP contribution in [0.25, 0.3) is 16.4 Å². The molecule has 2 aromatic heterocycles. The Hall–Kier alpha value is -3.19. The van der Waals surface area contributed by atoms with E-state index in [1.165, 1.54) is 12.1 Å². The third kappa shape index (κ3) is 4.00. The average molecular weight is 413 g/mol. The van der Waals surface area contributed by atoms with Crippen LogP contribution in [0.2, 0.25) is 5.02 Å². The van der Waals surface area contributed by atoms with Gasteiger partial charge in [-0.1, -0.05) is 30.7 Å². The van der Waals surface area contributed by atoms with Crippen LogP contribution in [-0.2, 0) is 17.8 Å². The van der Waals surface area contributed by atoms with E-state index in [1.807, 2.05) is 23.5 Å². The number of aryl methyl sites for hydroxylation is 1. The van der Waals surface area contributed by atoms with Crippen LogP contribution in [0.5, 0.6) is 5.88 Å². The maximum absolute atomic E-state index is 13.6. The molecule has 1 amide bonds. The summed E-state index contributed by atoms with van der Waals surface area (Å²) in [5.74, 6) is 0.333. The van der Waals surface area contributed by atoms with Crippen molar-refractivity contribution in [1.29, 1.82) is 0 Å². The van der Waals surface area contributed by atoms with Gasteiger partial charge in [-0.05, 0) is 42.0 Å². The number of benzene rings is 2. The Kier molecular flexibility index (Phi) is 5.31. The first kappa shape index (κ1) is 19.1. The van der Waals surface area contributed by atoms with Gasteiger partial charge in [-0.2, -0.15) is 0 Å². The lowest BCUT2D eigenvalue weighted by molar-refractivity contribution is -0.123. The van der Waals surface area contributed by atoms with E-state index in [9.17, 15) is 9.18 Å². The van der Waals surface area contributed by atoms with Crippen LogP contribution < -0.4 is 10.1 Å². The molecule has 0 bridgehead atoms. The summed E-state index contributed by atoms with van der Waals surface area (Å²) < 4.78 is 21.1. The summed E-state index contributed by atoms with van der Waals surface area (Å²) in [5, 5.41) is 12.4. The highest BCUT2D eigenvalue weighted by Gasteiger charge is 2.15. The van der Waals surface area contributed by atoms with E-state index in [0.717, 1.165) is 16.9 Å². The quantitative estimate of drug-likeness (QED) is 0.521. The highest BCUT2D eigenvalue weighted by atomic mass is 35.5. The molecular weight excluding hydrogens is 395 g/mol. The fraction of sp³-hybridized carbons (Fsp3) is 0.190. The number of rotatable bonds is 6. The Balaban J connectivity index is 1.52. The number of hydrogen-bond acceptors (Lipinski definition) is 4. The molecule has 29 heavy (non-hydrogen) atoms. The number of aromatic nitrogens is 3. The standard InChI is InChI=1S/C21H18ClFN4O2/c1-2-19-25-26-21(18-10-14-9-16(23)7-8-17(14)27(18)19)29-12-20(28)24-11-13-3-5-15(22)6-4-13/h3-10H,2,11-12H2,1H3,(H,24,28). The molecule has 2 aromatic carbocycles. The van der Waals surface area contributed by atoms with E-state index < -0.39 is 0 Å². The first-order valence-corrected chi connectivity index (χ1v) is 9.53. The number of amides is 1. The van der Waals surface area contributed by atoms with Crippen LogP contribution in [0.4, 0.5) is 4.39 Å². The molecule has 0 aliphatic carbocycles. The Morgan fingerprint density at radius 3 is 2.69 bits per heavy atom. The summed E-state index contributed by atoms with van der Waals surface area (Å²) in [6.45, 7) is 2.12. The van der Waals surface area contributed by atoms with Crippen molar-refractivity contribution in [3.63, 3.8) is 0 Å². The number of nitrogens with zero attached hydrogens (tertiary/aromatic N) is 3. The summed E-state index contributed by atoms with van der Waals surface area (Å²) >= 11 is 5.86. The lowest BCUT2D eigenvalue weighted by atomic mass is 10.2. The molecule has 2 heterocycles. The van der Waals surface area contributed by atoms with E-state index >= 15 is 0 Å². The van der Waals surface area contributed by atoms with Gasteiger partial charge in [-0.15, -0.1) is 10.2 Å². The zero-order chi connectivity index (χ0) is 20.4. The van der Waals surface area contributed by atoms with Gasteiger partial charge in [0, 0.05) is 23.4 Å². The van der Waals surface area contributed by atoms with Crippen molar-refractivity contribution in [2.75, 3.05) is 6.61 Å². The number of nitrogens with one attached hydrogen (secondary N) is 1. The normalized spacial score (nSPS) is 11.1. The summed E-state index contributed by atoms with van der Waals surface area (Å²) in [7, 11) is 0. The number of carbonyl (C=O) groups excluding carboxylic acids is 1. The molecule has 4 aromatic rings. The molecule has 0 atom stereocenters. The minimum atomic E-state index is -0.323. The molecule has 6 nitrogen and oxygen atoms in total. The van der Waals surface area contributed by atoms with Gasteiger partial charge in [0.2, 0.25) is 0 Å². The second kappa shape index (κ2) is 8.05. The Bertz CT molecular complexity index is 1190. The maximum atomic E-state index is 13.6. The third-order valence-electron chi connectivity index (χ3n) is 4.56. The molecule has 1 N–H and O–H groups in total. The van der Waals surface area contributed by atoms with Gasteiger partial charge in [0.1, 0.15) is 17.2 Å². The van der Waals surface area contributed by atoms with Crippen LogP contribution in [0.3, 0.4) is 0 Å². The van der Waals surface area contributed by atoms with Gasteiger partial charge in [-0.25, -0.2) is 4.39 Å². The highest BCUT2D eigenvalue weighted by molar-refractivity contribution is 6.30. The predicted molar refractivity (Wildman–Crippen MR) is 109 cm³/mol. The summed E-state index contributed by atoms with van der Waals surface area (Å²) in [4.78, 5) is 12.2. The molecular formula is C21H18ClFN4O2. The number of fused-ring (bicyclic) bond motifs is 3. The van der Waals surface area contributed by atoms with Crippen LogP contribution in [-0.4, -0.2) is 27.1 Å². The molecule has 0 fully saturated rings. The largest absolute Gasteiger partial charge is 0.465 e. The van der Waals surface area contributed by atoms with Crippen molar-refractivity contribution < 1.29 is 13.9 Å². The minimum absolute atomic E-state index is 0.209. The van der Waals surface area contributed by atoms with Crippen molar-refractivity contribution in [3.8, 4) is 5.88 Å². The van der Waals surface area contributed by atoms with Crippen molar-refractivity contribution in [2.45, 2.75) is 19.9 Å². The molecule has 0 unspecified atom stereocenters. The Labute approximate surface area is 171 Å². The third-order valence-corrected chi connectivity index (χ3v) is 4.81. The topological polar surface area (TPSA) is 68.5 Å². The molecule has 8 heteroatoms. The van der Waals surface area contributed by atoms with Crippen LogP contribution >= 0.6 is 11.6 Å². The molecule has 0 saturated heterocycles. The van der Waals surface area contributed by atoms with Gasteiger partial charge >= 0.3 is 0 Å². The first-order chi connectivity index (χ1) is 14.0. The molecule has 0 spiro atoms. The summed E-state index contributed by atoms with van der Waals surface area (Å²) in [6.07, 6.45) is 0.645. The zero-order valence-corrected chi connectivity index (χ0v) is 16.4. The van der Waals surface area contributed by atoms with E-state index in [2.05, 4.69) is 15.5 Å². The number of halogens is 2. The minimum Gasteiger partial charge on any atom is -0.465 e. The van der Waals surface area contributed by atoms with Gasteiger partial charge in [0.25, 0.3) is 11.8 Å². The number of carbonyl (C=O) groups is 1. The van der Waals surface area contributed by atoms with E-state index in [0.29, 0.717) is 28.9 Å².